The molecule has 0 saturated carbocycles. The zero-order chi connectivity index (χ0) is 13.3. The third-order valence-corrected chi connectivity index (χ3v) is 5.03. The summed E-state index contributed by atoms with van der Waals surface area (Å²) < 4.78 is 8.79. The number of rotatable bonds is 4. The molecule has 1 aliphatic heterocycles. The van der Waals surface area contributed by atoms with Gasteiger partial charge in [-0.25, -0.2) is 0 Å². The van der Waals surface area contributed by atoms with Crippen LogP contribution in [0.4, 0.5) is 0 Å². The van der Waals surface area contributed by atoms with E-state index in [4.69, 9.17) is 4.74 Å². The van der Waals surface area contributed by atoms with E-state index < -0.39 is 0 Å². The minimum absolute atomic E-state index is 0.343. The van der Waals surface area contributed by atoms with Crippen molar-refractivity contribution in [2.45, 2.75) is 38.8 Å². The molecule has 0 bridgehead atoms. The van der Waals surface area contributed by atoms with Crippen LogP contribution in [0, 0.1) is 12.8 Å². The van der Waals surface area contributed by atoms with Crippen molar-refractivity contribution in [1.29, 1.82) is 0 Å². The van der Waals surface area contributed by atoms with Crippen LogP contribution in [0.3, 0.4) is 0 Å². The molecule has 1 aliphatic rings. The lowest BCUT2D eigenvalue weighted by Gasteiger charge is -2.25. The molecule has 1 fully saturated rings. The van der Waals surface area contributed by atoms with Gasteiger partial charge in [0.15, 0.2) is 0 Å². The van der Waals surface area contributed by atoms with Crippen LogP contribution < -0.4 is 5.32 Å². The molecule has 4 nitrogen and oxygen atoms in total. The van der Waals surface area contributed by atoms with E-state index in [1.54, 1.807) is 0 Å². The van der Waals surface area contributed by atoms with Crippen LogP contribution in [0.25, 0.3) is 0 Å². The first kappa shape index (κ1) is 14.0. The largest absolute Gasteiger partial charge is 0.378 e. The molecule has 0 radical (unpaired) electrons. The molecular weight excluding hydrogens is 294 g/mol. The second kappa shape index (κ2) is 5.72. The summed E-state index contributed by atoms with van der Waals surface area (Å²) in [4.78, 5) is 0. The third-order valence-electron chi connectivity index (χ3n) is 4.00. The predicted octanol–water partition coefficient (Wildman–Crippen LogP) is 2.05. The van der Waals surface area contributed by atoms with E-state index in [2.05, 4.69) is 33.3 Å². The molecule has 1 aromatic rings. The minimum atomic E-state index is 0.343. The topological polar surface area (TPSA) is 39.1 Å². The normalized spacial score (nSPS) is 25.6. The Kier molecular flexibility index (Phi) is 4.45. The Labute approximate surface area is 117 Å². The Balaban J connectivity index is 2.15. The van der Waals surface area contributed by atoms with Crippen molar-refractivity contribution in [2.24, 2.45) is 13.0 Å². The van der Waals surface area contributed by atoms with Crippen molar-refractivity contribution in [3.63, 3.8) is 0 Å². The molecule has 102 valence electrons. The van der Waals surface area contributed by atoms with Gasteiger partial charge in [0.25, 0.3) is 0 Å². The number of likely N-dealkylation sites (N-methyl/N-ethyl adjacent to an activating group) is 1. The molecule has 0 amide bonds. The molecule has 5 heteroatoms. The smallest absolute Gasteiger partial charge is 0.0738 e. The Morgan fingerprint density at radius 1 is 1.61 bits per heavy atom. The number of aromatic nitrogens is 2. The zero-order valence-electron chi connectivity index (χ0n) is 11.5. The standard InChI is InChI=1S/C13H22BrN3O/c1-8-13(14)12(17(4)16-8)7-11(15-3)10-5-6-18-9(10)2/h9-11,15H,5-7H2,1-4H3. The lowest BCUT2D eigenvalue weighted by Crippen LogP contribution is -2.39. The van der Waals surface area contributed by atoms with Gasteiger partial charge in [0.05, 0.1) is 22.0 Å². The summed E-state index contributed by atoms with van der Waals surface area (Å²) in [7, 11) is 4.04. The first-order valence-electron chi connectivity index (χ1n) is 6.51. The molecule has 0 spiro atoms. The SMILES string of the molecule is CNC(Cc1c(Br)c(C)nn1C)C1CCOC1C. The van der Waals surface area contributed by atoms with Crippen LogP contribution in [0.15, 0.2) is 4.47 Å². The fourth-order valence-corrected chi connectivity index (χ4v) is 3.35. The van der Waals surface area contributed by atoms with Crippen molar-refractivity contribution in [3.8, 4) is 0 Å². The molecule has 3 unspecified atom stereocenters. The van der Waals surface area contributed by atoms with E-state index in [1.807, 2.05) is 25.7 Å². The van der Waals surface area contributed by atoms with Gasteiger partial charge >= 0.3 is 0 Å². The molecule has 2 rings (SSSR count). The second-order valence-corrected chi connectivity index (χ2v) is 5.89. The summed E-state index contributed by atoms with van der Waals surface area (Å²) in [6.07, 6.45) is 2.46. The summed E-state index contributed by atoms with van der Waals surface area (Å²) in [5, 5.41) is 7.90. The molecule has 3 atom stereocenters. The van der Waals surface area contributed by atoms with Crippen LogP contribution in [0.5, 0.6) is 0 Å². The number of hydrogen-bond acceptors (Lipinski definition) is 3. The minimum Gasteiger partial charge on any atom is -0.378 e. The molecule has 1 saturated heterocycles. The number of halogens is 1. The van der Waals surface area contributed by atoms with Gasteiger partial charge in [-0.2, -0.15) is 5.10 Å². The molecule has 0 aromatic carbocycles. The zero-order valence-corrected chi connectivity index (χ0v) is 13.1. The highest BCUT2D eigenvalue weighted by atomic mass is 79.9. The summed E-state index contributed by atoms with van der Waals surface area (Å²) in [5.41, 5.74) is 2.31. The molecule has 18 heavy (non-hydrogen) atoms. The molecule has 1 N–H and O–H groups in total. The Morgan fingerprint density at radius 3 is 2.78 bits per heavy atom. The van der Waals surface area contributed by atoms with Crippen LogP contribution in [0.2, 0.25) is 0 Å². The van der Waals surface area contributed by atoms with E-state index in [9.17, 15) is 0 Å². The maximum atomic E-state index is 5.68. The van der Waals surface area contributed by atoms with Crippen molar-refractivity contribution in [2.75, 3.05) is 13.7 Å². The van der Waals surface area contributed by atoms with Gasteiger partial charge in [0, 0.05) is 32.0 Å². The Morgan fingerprint density at radius 2 is 2.33 bits per heavy atom. The number of aryl methyl sites for hydroxylation is 2. The van der Waals surface area contributed by atoms with Gasteiger partial charge in [-0.15, -0.1) is 0 Å². The monoisotopic (exact) mass is 315 g/mol. The molecule has 0 aliphatic carbocycles. The predicted molar refractivity (Wildman–Crippen MR) is 75.7 cm³/mol. The maximum Gasteiger partial charge on any atom is 0.0738 e. The first-order chi connectivity index (χ1) is 8.54. The summed E-state index contributed by atoms with van der Waals surface area (Å²) in [5.74, 6) is 0.581. The number of ether oxygens (including phenoxy) is 1. The molecule has 1 aromatic heterocycles. The highest BCUT2D eigenvalue weighted by molar-refractivity contribution is 9.10. The fraction of sp³-hybridized carbons (Fsp3) is 0.769. The Hall–Kier alpha value is -0.390. The molecule has 2 heterocycles. The van der Waals surface area contributed by atoms with E-state index >= 15 is 0 Å². The lowest BCUT2D eigenvalue weighted by molar-refractivity contribution is 0.0960. The van der Waals surface area contributed by atoms with Gasteiger partial charge in [-0.1, -0.05) is 0 Å². The van der Waals surface area contributed by atoms with E-state index in [1.165, 1.54) is 5.69 Å². The van der Waals surface area contributed by atoms with Crippen molar-refractivity contribution < 1.29 is 4.74 Å². The second-order valence-electron chi connectivity index (χ2n) is 5.10. The van der Waals surface area contributed by atoms with Crippen LogP contribution in [-0.2, 0) is 18.2 Å². The van der Waals surface area contributed by atoms with E-state index in [0.717, 1.165) is 29.6 Å². The summed E-state index contributed by atoms with van der Waals surface area (Å²) in [6, 6.07) is 0.439. The van der Waals surface area contributed by atoms with E-state index in [-0.39, 0.29) is 0 Å². The summed E-state index contributed by atoms with van der Waals surface area (Å²) in [6.45, 7) is 5.09. The highest BCUT2D eigenvalue weighted by Gasteiger charge is 2.32. The number of nitrogens with one attached hydrogen (secondary N) is 1. The fourth-order valence-electron chi connectivity index (χ4n) is 2.85. The van der Waals surface area contributed by atoms with Gasteiger partial charge in [-0.3, -0.25) is 4.68 Å². The van der Waals surface area contributed by atoms with Gasteiger partial charge in [-0.05, 0) is 43.2 Å². The average Bonchev–Trinajstić information content (AvgIpc) is 2.84. The van der Waals surface area contributed by atoms with E-state index in [0.29, 0.717) is 18.1 Å². The number of hydrogen-bond donors (Lipinski definition) is 1. The van der Waals surface area contributed by atoms with Crippen LogP contribution in [0.1, 0.15) is 24.7 Å². The number of nitrogens with zero attached hydrogens (tertiary/aromatic N) is 2. The lowest BCUT2D eigenvalue weighted by atomic mass is 9.90. The Bertz CT molecular complexity index is 419. The summed E-state index contributed by atoms with van der Waals surface area (Å²) >= 11 is 3.64. The molecular formula is C13H22BrN3O. The van der Waals surface area contributed by atoms with Gasteiger partial charge < -0.3 is 10.1 Å². The average molecular weight is 316 g/mol. The van der Waals surface area contributed by atoms with Gasteiger partial charge in [0.2, 0.25) is 0 Å². The van der Waals surface area contributed by atoms with Crippen molar-refractivity contribution >= 4 is 15.9 Å². The van der Waals surface area contributed by atoms with Crippen molar-refractivity contribution in [3.05, 3.63) is 15.9 Å². The maximum absolute atomic E-state index is 5.68. The first-order valence-corrected chi connectivity index (χ1v) is 7.30. The quantitative estimate of drug-likeness (QED) is 0.924. The van der Waals surface area contributed by atoms with Crippen LogP contribution in [-0.4, -0.2) is 35.6 Å². The van der Waals surface area contributed by atoms with Crippen LogP contribution >= 0.6 is 15.9 Å². The van der Waals surface area contributed by atoms with Crippen molar-refractivity contribution in [1.82, 2.24) is 15.1 Å². The highest BCUT2D eigenvalue weighted by Crippen LogP contribution is 2.28. The van der Waals surface area contributed by atoms with Gasteiger partial charge in [0.1, 0.15) is 0 Å². The third kappa shape index (κ3) is 2.63.